The number of ether oxygens (including phenoxy) is 1. The Balaban J connectivity index is 2.36. The van der Waals surface area contributed by atoms with Crippen LogP contribution in [0.4, 0.5) is 0 Å². The van der Waals surface area contributed by atoms with Crippen molar-refractivity contribution in [2.75, 3.05) is 7.11 Å². The van der Waals surface area contributed by atoms with Gasteiger partial charge in [-0.05, 0) is 31.5 Å². The van der Waals surface area contributed by atoms with E-state index in [-0.39, 0.29) is 12.0 Å². The Kier molecular flexibility index (Phi) is 4.68. The van der Waals surface area contributed by atoms with E-state index in [4.69, 9.17) is 14.3 Å². The summed E-state index contributed by atoms with van der Waals surface area (Å²) in [5.41, 5.74) is 0.575. The number of fused-ring (bicyclic) bond motifs is 1. The smallest absolute Gasteiger partial charge is 0.340 e. The fraction of sp³-hybridized carbons (Fsp3) is 0.312. The third-order valence-electron chi connectivity index (χ3n) is 3.58. The van der Waals surface area contributed by atoms with Crippen molar-refractivity contribution in [2.45, 2.75) is 26.3 Å². The Bertz CT molecular complexity index is 823. The third kappa shape index (κ3) is 3.50. The summed E-state index contributed by atoms with van der Waals surface area (Å²) >= 11 is 0. The summed E-state index contributed by atoms with van der Waals surface area (Å²) in [7, 11) is 1.51. The van der Waals surface area contributed by atoms with Gasteiger partial charge in [-0.1, -0.05) is 0 Å². The molecule has 0 aliphatic heterocycles. The molecule has 2 rings (SSSR count). The number of carboxylic acids is 1. The van der Waals surface area contributed by atoms with Gasteiger partial charge in [-0.15, -0.1) is 0 Å². The number of rotatable bonds is 5. The fourth-order valence-electron chi connectivity index (χ4n) is 2.22. The maximum atomic E-state index is 12.1. The number of hydrogen-bond acceptors (Lipinski definition) is 5. The first-order valence-electron chi connectivity index (χ1n) is 6.96. The standard InChI is InChI=1S/C16H17NO6/c1-8-11-5-4-10(22-3)6-13(11)23-16(21)12(8)7-14(18)17-9(2)15(19)20/h4-6,9H,7H2,1-3H3,(H,17,18)(H,19,20)/t9-/m0/s1. The molecule has 1 atom stereocenters. The van der Waals surface area contributed by atoms with Gasteiger partial charge in [0.25, 0.3) is 0 Å². The second-order valence-corrected chi connectivity index (χ2v) is 5.16. The van der Waals surface area contributed by atoms with Crippen LogP contribution >= 0.6 is 0 Å². The van der Waals surface area contributed by atoms with Gasteiger partial charge in [0, 0.05) is 11.5 Å². The predicted molar refractivity (Wildman–Crippen MR) is 82.7 cm³/mol. The zero-order valence-electron chi connectivity index (χ0n) is 13.0. The monoisotopic (exact) mass is 319 g/mol. The summed E-state index contributed by atoms with van der Waals surface area (Å²) in [6, 6.07) is 4.04. The van der Waals surface area contributed by atoms with Crippen molar-refractivity contribution in [2.24, 2.45) is 0 Å². The van der Waals surface area contributed by atoms with E-state index in [1.165, 1.54) is 14.0 Å². The second-order valence-electron chi connectivity index (χ2n) is 5.16. The number of nitrogens with one attached hydrogen (secondary N) is 1. The van der Waals surface area contributed by atoms with Crippen LogP contribution in [0.3, 0.4) is 0 Å². The van der Waals surface area contributed by atoms with Crippen LogP contribution in [0.2, 0.25) is 0 Å². The molecule has 0 unspecified atom stereocenters. The molecule has 1 amide bonds. The van der Waals surface area contributed by atoms with E-state index >= 15 is 0 Å². The fourth-order valence-corrected chi connectivity index (χ4v) is 2.22. The van der Waals surface area contributed by atoms with Crippen molar-refractivity contribution in [3.63, 3.8) is 0 Å². The number of carbonyl (C=O) groups excluding carboxylic acids is 1. The molecule has 1 heterocycles. The molecule has 0 saturated heterocycles. The average Bonchev–Trinajstić information content (AvgIpc) is 2.50. The molecule has 2 N–H and O–H groups in total. The highest BCUT2D eigenvalue weighted by molar-refractivity contribution is 5.87. The van der Waals surface area contributed by atoms with Crippen molar-refractivity contribution >= 4 is 22.8 Å². The SMILES string of the molecule is COc1ccc2c(C)c(CC(=O)N[C@@H](C)C(=O)O)c(=O)oc2c1. The highest BCUT2D eigenvalue weighted by atomic mass is 16.5. The minimum absolute atomic E-state index is 0.206. The van der Waals surface area contributed by atoms with E-state index in [0.29, 0.717) is 22.3 Å². The second kappa shape index (κ2) is 6.51. The summed E-state index contributed by atoms with van der Waals surface area (Å²) in [6.07, 6.45) is -0.242. The summed E-state index contributed by atoms with van der Waals surface area (Å²) in [5.74, 6) is -1.14. The van der Waals surface area contributed by atoms with Crippen LogP contribution in [-0.4, -0.2) is 30.1 Å². The van der Waals surface area contributed by atoms with Gasteiger partial charge in [0.15, 0.2) is 0 Å². The van der Waals surface area contributed by atoms with Gasteiger partial charge in [-0.2, -0.15) is 0 Å². The van der Waals surface area contributed by atoms with Crippen molar-refractivity contribution in [1.82, 2.24) is 5.32 Å². The van der Waals surface area contributed by atoms with Gasteiger partial charge in [-0.3, -0.25) is 9.59 Å². The topological polar surface area (TPSA) is 106 Å². The Labute approximate surface area is 131 Å². The van der Waals surface area contributed by atoms with E-state index in [1.807, 2.05) is 0 Å². The molecule has 0 bridgehead atoms. The highest BCUT2D eigenvalue weighted by Crippen LogP contribution is 2.24. The largest absolute Gasteiger partial charge is 0.497 e. The molecule has 0 spiro atoms. The van der Waals surface area contributed by atoms with Crippen LogP contribution in [0.25, 0.3) is 11.0 Å². The summed E-state index contributed by atoms with van der Waals surface area (Å²) in [5, 5.41) is 11.8. The molecule has 1 aromatic carbocycles. The van der Waals surface area contributed by atoms with E-state index in [9.17, 15) is 14.4 Å². The van der Waals surface area contributed by atoms with Gasteiger partial charge in [0.1, 0.15) is 17.4 Å². The maximum absolute atomic E-state index is 12.1. The Morgan fingerprint density at radius 3 is 2.70 bits per heavy atom. The molecule has 0 fully saturated rings. The predicted octanol–water partition coefficient (Wildman–Crippen LogP) is 1.24. The lowest BCUT2D eigenvalue weighted by molar-refractivity contribution is -0.141. The van der Waals surface area contributed by atoms with Gasteiger partial charge in [0.2, 0.25) is 5.91 Å². The van der Waals surface area contributed by atoms with Crippen molar-refractivity contribution in [1.29, 1.82) is 0 Å². The Morgan fingerprint density at radius 2 is 2.09 bits per heavy atom. The van der Waals surface area contributed by atoms with Crippen LogP contribution in [0.15, 0.2) is 27.4 Å². The Morgan fingerprint density at radius 1 is 1.39 bits per heavy atom. The number of carboxylic acid groups (broad SMARTS) is 1. The average molecular weight is 319 g/mol. The van der Waals surface area contributed by atoms with E-state index in [2.05, 4.69) is 5.32 Å². The van der Waals surface area contributed by atoms with Crippen LogP contribution in [0.1, 0.15) is 18.1 Å². The first kappa shape index (κ1) is 16.5. The lowest BCUT2D eigenvalue weighted by atomic mass is 10.0. The molecule has 1 aromatic heterocycles. The van der Waals surface area contributed by atoms with Crippen LogP contribution in [0, 0.1) is 6.92 Å². The molecule has 0 aliphatic carbocycles. The highest BCUT2D eigenvalue weighted by Gasteiger charge is 2.18. The third-order valence-corrected chi connectivity index (χ3v) is 3.58. The van der Waals surface area contributed by atoms with Gasteiger partial charge in [0.05, 0.1) is 19.1 Å². The first-order chi connectivity index (χ1) is 10.8. The first-order valence-corrected chi connectivity index (χ1v) is 6.96. The number of carbonyl (C=O) groups is 2. The summed E-state index contributed by atoms with van der Waals surface area (Å²) in [4.78, 5) is 34.7. The minimum atomic E-state index is -1.15. The van der Waals surface area contributed by atoms with Crippen molar-refractivity contribution < 1.29 is 23.8 Å². The summed E-state index contributed by atoms with van der Waals surface area (Å²) < 4.78 is 10.3. The molecule has 23 heavy (non-hydrogen) atoms. The molecule has 0 aliphatic rings. The number of benzene rings is 1. The quantitative estimate of drug-likeness (QED) is 0.803. The zero-order chi connectivity index (χ0) is 17.1. The molecular weight excluding hydrogens is 302 g/mol. The maximum Gasteiger partial charge on any atom is 0.340 e. The number of hydrogen-bond donors (Lipinski definition) is 2. The van der Waals surface area contributed by atoms with Gasteiger partial charge >= 0.3 is 11.6 Å². The van der Waals surface area contributed by atoms with Crippen LogP contribution in [0.5, 0.6) is 5.75 Å². The number of amides is 1. The molecule has 0 radical (unpaired) electrons. The molecule has 7 nitrogen and oxygen atoms in total. The number of aliphatic carboxylic acids is 1. The zero-order valence-corrected chi connectivity index (χ0v) is 13.0. The minimum Gasteiger partial charge on any atom is -0.497 e. The normalized spacial score (nSPS) is 12.0. The van der Waals surface area contributed by atoms with E-state index in [1.54, 1.807) is 25.1 Å². The van der Waals surface area contributed by atoms with Crippen LogP contribution < -0.4 is 15.7 Å². The Hall–Kier alpha value is -2.83. The lowest BCUT2D eigenvalue weighted by Crippen LogP contribution is -2.39. The van der Waals surface area contributed by atoms with Gasteiger partial charge in [-0.25, -0.2) is 4.79 Å². The van der Waals surface area contributed by atoms with Crippen molar-refractivity contribution in [3.8, 4) is 5.75 Å². The number of aryl methyl sites for hydroxylation is 1. The molecule has 7 heteroatoms. The summed E-state index contributed by atoms with van der Waals surface area (Å²) in [6.45, 7) is 3.07. The molecule has 0 saturated carbocycles. The molecular formula is C16H17NO6. The van der Waals surface area contributed by atoms with Crippen LogP contribution in [-0.2, 0) is 16.0 Å². The van der Waals surface area contributed by atoms with Crippen molar-refractivity contribution in [3.05, 3.63) is 39.7 Å². The van der Waals surface area contributed by atoms with Gasteiger partial charge < -0.3 is 19.6 Å². The van der Waals surface area contributed by atoms with E-state index < -0.39 is 23.5 Å². The number of methoxy groups -OCH3 is 1. The molecule has 2 aromatic rings. The molecule has 122 valence electrons. The van der Waals surface area contributed by atoms with E-state index in [0.717, 1.165) is 0 Å². The lowest BCUT2D eigenvalue weighted by Gasteiger charge is -2.11.